The van der Waals surface area contributed by atoms with Crippen LogP contribution in [0.5, 0.6) is 5.75 Å². The molecule has 0 heterocycles. The van der Waals surface area contributed by atoms with Gasteiger partial charge >= 0.3 is 0 Å². The van der Waals surface area contributed by atoms with Crippen molar-refractivity contribution in [3.8, 4) is 11.8 Å². The fourth-order valence-corrected chi connectivity index (χ4v) is 1.62. The van der Waals surface area contributed by atoms with E-state index in [-0.39, 0.29) is 0 Å². The van der Waals surface area contributed by atoms with E-state index >= 15 is 0 Å². The molecule has 0 saturated carbocycles. The highest BCUT2D eigenvalue weighted by atomic mass is 16.5. The van der Waals surface area contributed by atoms with E-state index in [1.54, 1.807) is 12.1 Å². The van der Waals surface area contributed by atoms with Crippen LogP contribution in [0.4, 0.5) is 0 Å². The lowest BCUT2D eigenvalue weighted by Crippen LogP contribution is -1.95. The maximum Gasteiger partial charge on any atom is 0.121 e. The molecule has 0 unspecified atom stereocenters. The quantitative estimate of drug-likeness (QED) is 0.798. The van der Waals surface area contributed by atoms with Gasteiger partial charge in [0.05, 0.1) is 11.6 Å². The van der Waals surface area contributed by atoms with Gasteiger partial charge in [-0.25, -0.2) is 0 Å². The summed E-state index contributed by atoms with van der Waals surface area (Å²) in [4.78, 5) is 0. The van der Waals surface area contributed by atoms with E-state index in [2.05, 4.69) is 25.1 Å². The number of rotatable bonds is 3. The Labute approximate surface area is 101 Å². The van der Waals surface area contributed by atoms with Crippen molar-refractivity contribution in [2.75, 3.05) is 0 Å². The van der Waals surface area contributed by atoms with Crippen molar-refractivity contribution in [3.63, 3.8) is 0 Å². The number of nitrogens with zero attached hydrogens (tertiary/aromatic N) is 1. The lowest BCUT2D eigenvalue weighted by molar-refractivity contribution is 0.306. The Bertz CT molecular complexity index is 555. The Morgan fingerprint density at radius 1 is 1.12 bits per heavy atom. The van der Waals surface area contributed by atoms with Gasteiger partial charge < -0.3 is 4.74 Å². The molecular weight excluding hydrogens is 210 g/mol. The van der Waals surface area contributed by atoms with E-state index in [1.165, 1.54) is 5.56 Å². The summed E-state index contributed by atoms with van der Waals surface area (Å²) in [7, 11) is 0. The second kappa shape index (κ2) is 5.18. The third-order valence-corrected chi connectivity index (χ3v) is 2.45. The van der Waals surface area contributed by atoms with Crippen LogP contribution in [0.2, 0.25) is 0 Å². The molecular formula is C15H13NO. The maximum atomic E-state index is 8.78. The van der Waals surface area contributed by atoms with E-state index < -0.39 is 0 Å². The van der Waals surface area contributed by atoms with Crippen molar-refractivity contribution in [2.45, 2.75) is 13.5 Å². The van der Waals surface area contributed by atoms with Gasteiger partial charge in [-0.3, -0.25) is 0 Å². The zero-order valence-corrected chi connectivity index (χ0v) is 9.68. The summed E-state index contributed by atoms with van der Waals surface area (Å²) in [6.45, 7) is 2.58. The summed E-state index contributed by atoms with van der Waals surface area (Å²) in [5.74, 6) is 0.727. The standard InChI is InChI=1S/C15H13NO/c1-12-4-2-6-14(8-12)11-17-15-7-3-5-13(9-15)10-16/h2-9H,11H2,1H3. The average molecular weight is 223 g/mol. The van der Waals surface area contributed by atoms with E-state index in [0.29, 0.717) is 12.2 Å². The number of hydrogen-bond donors (Lipinski definition) is 0. The molecule has 0 aromatic heterocycles. The number of hydrogen-bond acceptors (Lipinski definition) is 2. The second-order valence-electron chi connectivity index (χ2n) is 3.92. The number of nitriles is 1. The summed E-state index contributed by atoms with van der Waals surface area (Å²) in [6, 6.07) is 17.5. The zero-order valence-electron chi connectivity index (χ0n) is 9.68. The largest absolute Gasteiger partial charge is 0.489 e. The molecule has 17 heavy (non-hydrogen) atoms. The van der Waals surface area contributed by atoms with Crippen LogP contribution in [0.25, 0.3) is 0 Å². The molecule has 2 aromatic carbocycles. The Kier molecular flexibility index (Phi) is 3.42. The van der Waals surface area contributed by atoms with Crippen LogP contribution in [0.15, 0.2) is 48.5 Å². The molecule has 0 atom stereocenters. The fraction of sp³-hybridized carbons (Fsp3) is 0.133. The predicted octanol–water partition coefficient (Wildman–Crippen LogP) is 3.45. The Morgan fingerprint density at radius 3 is 2.71 bits per heavy atom. The highest BCUT2D eigenvalue weighted by Crippen LogP contribution is 2.15. The van der Waals surface area contributed by atoms with Gasteiger partial charge in [0.15, 0.2) is 0 Å². The minimum Gasteiger partial charge on any atom is -0.489 e. The molecule has 2 heteroatoms. The van der Waals surface area contributed by atoms with Crippen LogP contribution in [-0.4, -0.2) is 0 Å². The van der Waals surface area contributed by atoms with Crippen molar-refractivity contribution in [3.05, 3.63) is 65.2 Å². The van der Waals surface area contributed by atoms with Gasteiger partial charge in [0, 0.05) is 0 Å². The molecule has 0 aliphatic rings. The molecule has 0 radical (unpaired) electrons. The van der Waals surface area contributed by atoms with E-state index in [4.69, 9.17) is 10.00 Å². The van der Waals surface area contributed by atoms with Crippen LogP contribution in [-0.2, 0) is 6.61 Å². The fourth-order valence-electron chi connectivity index (χ4n) is 1.62. The molecule has 0 aliphatic heterocycles. The zero-order chi connectivity index (χ0) is 12.1. The first-order valence-corrected chi connectivity index (χ1v) is 5.46. The maximum absolute atomic E-state index is 8.78. The minimum absolute atomic E-state index is 0.524. The summed E-state index contributed by atoms with van der Waals surface area (Å²) in [5.41, 5.74) is 2.97. The normalized spacial score (nSPS) is 9.65. The highest BCUT2D eigenvalue weighted by Gasteiger charge is 1.97. The second-order valence-corrected chi connectivity index (χ2v) is 3.92. The molecule has 2 aromatic rings. The summed E-state index contributed by atoms with van der Waals surface area (Å²) in [5, 5.41) is 8.78. The van der Waals surface area contributed by atoms with Crippen molar-refractivity contribution in [2.24, 2.45) is 0 Å². The number of ether oxygens (including phenoxy) is 1. The molecule has 0 saturated heterocycles. The van der Waals surface area contributed by atoms with Gasteiger partial charge in [-0.15, -0.1) is 0 Å². The van der Waals surface area contributed by atoms with Gasteiger partial charge in [-0.05, 0) is 30.7 Å². The third-order valence-electron chi connectivity index (χ3n) is 2.45. The average Bonchev–Trinajstić information content (AvgIpc) is 2.37. The van der Waals surface area contributed by atoms with E-state index in [1.807, 2.05) is 24.3 Å². The highest BCUT2D eigenvalue weighted by molar-refractivity contribution is 5.36. The Hall–Kier alpha value is -2.27. The summed E-state index contributed by atoms with van der Waals surface area (Å²) >= 11 is 0. The molecule has 0 fully saturated rings. The van der Waals surface area contributed by atoms with Crippen LogP contribution >= 0.6 is 0 Å². The van der Waals surface area contributed by atoms with Crippen molar-refractivity contribution in [1.29, 1.82) is 5.26 Å². The SMILES string of the molecule is Cc1cccc(COc2cccc(C#N)c2)c1. The van der Waals surface area contributed by atoms with Gasteiger partial charge in [-0.1, -0.05) is 35.9 Å². The van der Waals surface area contributed by atoms with Crippen LogP contribution in [0, 0.1) is 18.3 Å². The Balaban J connectivity index is 2.05. The minimum atomic E-state index is 0.524. The monoisotopic (exact) mass is 223 g/mol. The smallest absolute Gasteiger partial charge is 0.121 e. The third kappa shape index (κ3) is 3.09. The molecule has 2 rings (SSSR count). The lowest BCUT2D eigenvalue weighted by Gasteiger charge is -2.06. The summed E-state index contributed by atoms with van der Waals surface area (Å²) < 4.78 is 5.64. The molecule has 0 bridgehead atoms. The van der Waals surface area contributed by atoms with Crippen molar-refractivity contribution in [1.82, 2.24) is 0 Å². The van der Waals surface area contributed by atoms with Gasteiger partial charge in [0.1, 0.15) is 12.4 Å². The van der Waals surface area contributed by atoms with Crippen LogP contribution in [0.1, 0.15) is 16.7 Å². The van der Waals surface area contributed by atoms with Gasteiger partial charge in [0.2, 0.25) is 0 Å². The van der Waals surface area contributed by atoms with Crippen LogP contribution < -0.4 is 4.74 Å². The summed E-state index contributed by atoms with van der Waals surface area (Å²) in [6.07, 6.45) is 0. The molecule has 0 N–H and O–H groups in total. The first-order chi connectivity index (χ1) is 8.28. The molecule has 0 spiro atoms. The molecule has 0 amide bonds. The van der Waals surface area contributed by atoms with Crippen molar-refractivity contribution < 1.29 is 4.74 Å². The Morgan fingerprint density at radius 2 is 1.94 bits per heavy atom. The number of benzene rings is 2. The first kappa shape index (κ1) is 11.2. The molecule has 2 nitrogen and oxygen atoms in total. The van der Waals surface area contributed by atoms with Crippen molar-refractivity contribution >= 4 is 0 Å². The van der Waals surface area contributed by atoms with Gasteiger partial charge in [0.25, 0.3) is 0 Å². The lowest BCUT2D eigenvalue weighted by atomic mass is 10.1. The predicted molar refractivity (Wildman–Crippen MR) is 66.7 cm³/mol. The molecule has 84 valence electrons. The first-order valence-electron chi connectivity index (χ1n) is 5.46. The van der Waals surface area contributed by atoms with Crippen LogP contribution in [0.3, 0.4) is 0 Å². The van der Waals surface area contributed by atoms with E-state index in [9.17, 15) is 0 Å². The molecule has 0 aliphatic carbocycles. The topological polar surface area (TPSA) is 33.0 Å². The van der Waals surface area contributed by atoms with Gasteiger partial charge in [-0.2, -0.15) is 5.26 Å². The van der Waals surface area contributed by atoms with E-state index in [0.717, 1.165) is 11.3 Å². The number of aryl methyl sites for hydroxylation is 1.